The summed E-state index contributed by atoms with van der Waals surface area (Å²) in [5.74, 6) is -0.948. The molecule has 0 N–H and O–H groups in total. The standard InChI is InChI=1S/C11H20O3.Na/c12-10-8-6-4-2-1-3-5-7-9-11(13)14;/h10H,1-9H2,(H,13,14);/q;+1/p-1. The minimum absolute atomic E-state index is 0. The Hall–Kier alpha value is 0.140. The number of aliphatic carboxylic acids is 1. The maximum absolute atomic E-state index is 10.1. The molecule has 0 saturated heterocycles. The van der Waals surface area contributed by atoms with Crippen molar-refractivity contribution >= 4 is 12.3 Å². The van der Waals surface area contributed by atoms with E-state index in [1.165, 1.54) is 0 Å². The van der Waals surface area contributed by atoms with Gasteiger partial charge in [0.2, 0.25) is 0 Å². The molecule has 82 valence electrons. The van der Waals surface area contributed by atoms with Gasteiger partial charge in [0.05, 0.1) is 0 Å². The average molecular weight is 222 g/mol. The number of carbonyl (C=O) groups excluding carboxylic acids is 2. The first-order chi connectivity index (χ1) is 6.77. The Kier molecular flexibility index (Phi) is 16.5. The number of unbranched alkanes of at least 4 members (excludes halogenated alkanes) is 7. The van der Waals surface area contributed by atoms with Gasteiger partial charge >= 0.3 is 29.6 Å². The Bertz CT molecular complexity index is 160. The number of carboxylic acid groups (broad SMARTS) is 1. The summed E-state index contributed by atoms with van der Waals surface area (Å²) in [6, 6.07) is 0. The van der Waals surface area contributed by atoms with Crippen molar-refractivity contribution in [3.05, 3.63) is 0 Å². The molecule has 0 rings (SSSR count). The fourth-order valence-corrected chi connectivity index (χ4v) is 1.38. The molecule has 0 bridgehead atoms. The third kappa shape index (κ3) is 16.8. The van der Waals surface area contributed by atoms with Crippen molar-refractivity contribution in [3.63, 3.8) is 0 Å². The molecule has 0 radical (unpaired) electrons. The zero-order valence-corrected chi connectivity index (χ0v) is 11.7. The molecule has 15 heavy (non-hydrogen) atoms. The van der Waals surface area contributed by atoms with Crippen LogP contribution in [0.4, 0.5) is 0 Å². The predicted octanol–water partition coefficient (Wildman–Crippen LogP) is -1.55. The quantitative estimate of drug-likeness (QED) is 0.255. The van der Waals surface area contributed by atoms with Crippen LogP contribution < -0.4 is 34.7 Å². The molecule has 0 atom stereocenters. The van der Waals surface area contributed by atoms with Crippen molar-refractivity contribution in [3.8, 4) is 0 Å². The van der Waals surface area contributed by atoms with Crippen LogP contribution in [0.3, 0.4) is 0 Å². The first kappa shape index (κ1) is 17.5. The first-order valence-corrected chi connectivity index (χ1v) is 5.41. The largest absolute Gasteiger partial charge is 1.00 e. The summed E-state index contributed by atoms with van der Waals surface area (Å²) in [5.41, 5.74) is 0. The molecule has 0 saturated carbocycles. The Labute approximate surface area is 114 Å². The van der Waals surface area contributed by atoms with E-state index in [-0.39, 0.29) is 36.0 Å². The van der Waals surface area contributed by atoms with Gasteiger partial charge in [-0.15, -0.1) is 0 Å². The van der Waals surface area contributed by atoms with Gasteiger partial charge in [-0.1, -0.05) is 32.1 Å². The van der Waals surface area contributed by atoms with Gasteiger partial charge < -0.3 is 14.7 Å². The zero-order valence-electron chi connectivity index (χ0n) is 9.67. The van der Waals surface area contributed by atoms with Crippen LogP contribution in [0.2, 0.25) is 0 Å². The van der Waals surface area contributed by atoms with Crippen LogP contribution in [0.15, 0.2) is 0 Å². The van der Waals surface area contributed by atoms with Crippen molar-refractivity contribution in [2.45, 2.75) is 57.8 Å². The summed E-state index contributed by atoms with van der Waals surface area (Å²) in [4.78, 5) is 20.0. The predicted molar refractivity (Wildman–Crippen MR) is 52.6 cm³/mol. The van der Waals surface area contributed by atoms with Crippen LogP contribution in [0.1, 0.15) is 57.8 Å². The smallest absolute Gasteiger partial charge is 0.550 e. The van der Waals surface area contributed by atoms with Crippen LogP contribution in [0, 0.1) is 0 Å². The molecule has 0 amide bonds. The maximum Gasteiger partial charge on any atom is 1.00 e. The molecule has 0 heterocycles. The molecule has 0 unspecified atom stereocenters. The van der Waals surface area contributed by atoms with E-state index in [1.807, 2.05) is 0 Å². The molecule has 4 heteroatoms. The summed E-state index contributed by atoms with van der Waals surface area (Å²) >= 11 is 0. The molecule has 0 fully saturated rings. The van der Waals surface area contributed by atoms with Gasteiger partial charge in [-0.25, -0.2) is 0 Å². The summed E-state index contributed by atoms with van der Waals surface area (Å²) in [5, 5.41) is 10.1. The Morgan fingerprint density at radius 2 is 1.40 bits per heavy atom. The number of carbonyl (C=O) groups is 2. The number of aldehydes is 1. The van der Waals surface area contributed by atoms with E-state index in [9.17, 15) is 14.7 Å². The minimum atomic E-state index is -0.948. The second-order valence-corrected chi connectivity index (χ2v) is 3.55. The second-order valence-electron chi connectivity index (χ2n) is 3.55. The minimum Gasteiger partial charge on any atom is -0.550 e. The van der Waals surface area contributed by atoms with Crippen LogP contribution in [0.5, 0.6) is 0 Å². The third-order valence-electron chi connectivity index (χ3n) is 2.20. The second kappa shape index (κ2) is 14.1. The maximum atomic E-state index is 10.1. The fourth-order valence-electron chi connectivity index (χ4n) is 1.38. The van der Waals surface area contributed by atoms with Crippen molar-refractivity contribution in [2.75, 3.05) is 0 Å². The summed E-state index contributed by atoms with van der Waals surface area (Å²) in [7, 11) is 0. The van der Waals surface area contributed by atoms with E-state index in [0.717, 1.165) is 51.2 Å². The van der Waals surface area contributed by atoms with Crippen molar-refractivity contribution in [2.24, 2.45) is 0 Å². The van der Waals surface area contributed by atoms with E-state index >= 15 is 0 Å². The van der Waals surface area contributed by atoms with E-state index in [1.54, 1.807) is 0 Å². The Morgan fingerprint density at radius 1 is 0.933 bits per heavy atom. The molecule has 0 aliphatic rings. The van der Waals surface area contributed by atoms with E-state index < -0.39 is 5.97 Å². The summed E-state index contributed by atoms with van der Waals surface area (Å²) in [6.45, 7) is 0. The molecule has 0 aromatic heterocycles. The molecule has 0 aromatic carbocycles. The van der Waals surface area contributed by atoms with Crippen molar-refractivity contribution < 1.29 is 44.3 Å². The number of rotatable bonds is 10. The number of carboxylic acids is 1. The molecule has 0 aromatic rings. The number of hydrogen-bond acceptors (Lipinski definition) is 3. The molecular formula is C11H19NaO3. The van der Waals surface area contributed by atoms with Crippen molar-refractivity contribution in [1.29, 1.82) is 0 Å². The van der Waals surface area contributed by atoms with Crippen LogP contribution >= 0.6 is 0 Å². The Morgan fingerprint density at radius 3 is 1.87 bits per heavy atom. The summed E-state index contributed by atoms with van der Waals surface area (Å²) in [6.07, 6.45) is 9.01. The van der Waals surface area contributed by atoms with Gasteiger partial charge in [-0.3, -0.25) is 0 Å². The molecule has 0 spiro atoms. The van der Waals surface area contributed by atoms with E-state index in [0.29, 0.717) is 6.42 Å². The summed E-state index contributed by atoms with van der Waals surface area (Å²) < 4.78 is 0. The van der Waals surface area contributed by atoms with Gasteiger partial charge in [0.1, 0.15) is 6.29 Å². The van der Waals surface area contributed by atoms with Gasteiger partial charge in [-0.2, -0.15) is 0 Å². The van der Waals surface area contributed by atoms with Gasteiger partial charge in [0, 0.05) is 12.4 Å². The molecule has 3 nitrogen and oxygen atoms in total. The molecule has 0 aliphatic heterocycles. The van der Waals surface area contributed by atoms with Gasteiger partial charge in [-0.05, 0) is 19.3 Å². The number of hydrogen-bond donors (Lipinski definition) is 0. The molecule has 0 aliphatic carbocycles. The van der Waals surface area contributed by atoms with Crippen molar-refractivity contribution in [1.82, 2.24) is 0 Å². The first-order valence-electron chi connectivity index (χ1n) is 5.41. The topological polar surface area (TPSA) is 57.2 Å². The average Bonchev–Trinajstić information content (AvgIpc) is 2.15. The fraction of sp³-hybridized carbons (Fsp3) is 0.818. The third-order valence-corrected chi connectivity index (χ3v) is 2.20. The Balaban J connectivity index is 0. The van der Waals surface area contributed by atoms with Gasteiger partial charge in [0.15, 0.2) is 0 Å². The normalized spacial score (nSPS) is 9.33. The van der Waals surface area contributed by atoms with Gasteiger partial charge in [0.25, 0.3) is 0 Å². The van der Waals surface area contributed by atoms with Crippen LogP contribution in [0.25, 0.3) is 0 Å². The van der Waals surface area contributed by atoms with E-state index in [2.05, 4.69) is 0 Å². The van der Waals surface area contributed by atoms with E-state index in [4.69, 9.17) is 0 Å². The van der Waals surface area contributed by atoms with Crippen LogP contribution in [-0.4, -0.2) is 12.3 Å². The zero-order chi connectivity index (χ0) is 10.6. The monoisotopic (exact) mass is 222 g/mol. The SMILES string of the molecule is O=CCCCCCCCCCC(=O)[O-].[Na+]. The van der Waals surface area contributed by atoms with Crippen LogP contribution in [-0.2, 0) is 9.59 Å². The molecular weight excluding hydrogens is 203 g/mol.